The van der Waals surface area contributed by atoms with Gasteiger partial charge < -0.3 is 9.84 Å². The number of hydrogen-bond donors (Lipinski definition) is 1. The Hall–Kier alpha value is -0.660. The quantitative estimate of drug-likeness (QED) is 0.851. The van der Waals surface area contributed by atoms with Gasteiger partial charge in [-0.1, -0.05) is 0 Å². The minimum absolute atomic E-state index is 0.266. The summed E-state index contributed by atoms with van der Waals surface area (Å²) < 4.78 is 39.3. The normalized spacial score (nSPS) is 14.1. The molecular formula is C8H10F3NO2S. The highest BCUT2D eigenvalue weighted by Crippen LogP contribution is 2.15. The number of aliphatic hydroxyl groups is 1. The molecule has 0 aromatic carbocycles. The highest BCUT2D eigenvalue weighted by molar-refractivity contribution is 7.09. The van der Waals surface area contributed by atoms with Crippen molar-refractivity contribution in [1.82, 2.24) is 4.98 Å². The van der Waals surface area contributed by atoms with Gasteiger partial charge in [0.1, 0.15) is 6.61 Å². The summed E-state index contributed by atoms with van der Waals surface area (Å²) in [5, 5.41) is 9.30. The molecule has 1 N–H and O–H groups in total. The molecule has 1 aromatic heterocycles. The number of alkyl halides is 3. The molecule has 0 saturated carbocycles. The summed E-state index contributed by atoms with van der Waals surface area (Å²) in [6.45, 7) is -1.65. The van der Waals surface area contributed by atoms with Gasteiger partial charge in [0.15, 0.2) is 0 Å². The predicted molar refractivity (Wildman–Crippen MR) is 48.7 cm³/mol. The topological polar surface area (TPSA) is 42.4 Å². The first-order chi connectivity index (χ1) is 6.97. The van der Waals surface area contributed by atoms with Crippen molar-refractivity contribution in [2.45, 2.75) is 18.7 Å². The third kappa shape index (κ3) is 5.71. The van der Waals surface area contributed by atoms with Gasteiger partial charge in [0, 0.05) is 17.5 Å². The minimum atomic E-state index is -4.34. The van der Waals surface area contributed by atoms with E-state index in [1.807, 2.05) is 0 Å². The van der Waals surface area contributed by atoms with Crippen molar-refractivity contribution in [2.24, 2.45) is 0 Å². The fourth-order valence-electron chi connectivity index (χ4n) is 0.945. The first-order valence-electron chi connectivity index (χ1n) is 4.17. The molecule has 1 atom stereocenters. The van der Waals surface area contributed by atoms with Gasteiger partial charge in [0.25, 0.3) is 0 Å². The number of ether oxygens (including phenoxy) is 1. The van der Waals surface area contributed by atoms with E-state index in [0.717, 1.165) is 4.88 Å². The van der Waals surface area contributed by atoms with Crippen LogP contribution in [0.15, 0.2) is 11.7 Å². The molecule has 1 unspecified atom stereocenters. The number of aromatic nitrogens is 1. The van der Waals surface area contributed by atoms with Crippen molar-refractivity contribution in [1.29, 1.82) is 0 Å². The van der Waals surface area contributed by atoms with Gasteiger partial charge in [0.2, 0.25) is 0 Å². The van der Waals surface area contributed by atoms with Gasteiger partial charge in [-0.05, 0) is 0 Å². The van der Waals surface area contributed by atoms with Crippen molar-refractivity contribution in [3.8, 4) is 0 Å². The maximum absolute atomic E-state index is 11.7. The largest absolute Gasteiger partial charge is 0.411 e. The molecule has 0 amide bonds. The number of rotatable bonds is 5. The van der Waals surface area contributed by atoms with Crippen LogP contribution in [0.25, 0.3) is 0 Å². The van der Waals surface area contributed by atoms with E-state index in [9.17, 15) is 18.3 Å². The van der Waals surface area contributed by atoms with Gasteiger partial charge in [-0.2, -0.15) is 13.2 Å². The third-order valence-corrected chi connectivity index (χ3v) is 2.30. The maximum atomic E-state index is 11.7. The molecule has 0 bridgehead atoms. The molecule has 1 rings (SSSR count). The SMILES string of the molecule is OC(COCC(F)(F)F)Cc1cncs1. The number of halogens is 3. The van der Waals surface area contributed by atoms with Crippen molar-refractivity contribution in [2.75, 3.05) is 13.2 Å². The Kier molecular flexibility index (Phi) is 4.49. The van der Waals surface area contributed by atoms with Crippen molar-refractivity contribution >= 4 is 11.3 Å². The number of hydrogen-bond acceptors (Lipinski definition) is 4. The van der Waals surface area contributed by atoms with Crippen LogP contribution in [0, 0.1) is 0 Å². The zero-order valence-corrected chi connectivity index (χ0v) is 8.51. The first-order valence-corrected chi connectivity index (χ1v) is 5.05. The Morgan fingerprint density at radius 3 is 2.80 bits per heavy atom. The molecule has 86 valence electrons. The fraction of sp³-hybridized carbons (Fsp3) is 0.625. The summed E-state index contributed by atoms with van der Waals surface area (Å²) in [5.41, 5.74) is 1.60. The van der Waals surface area contributed by atoms with E-state index in [4.69, 9.17) is 0 Å². The molecule has 0 radical (unpaired) electrons. The van der Waals surface area contributed by atoms with Gasteiger partial charge >= 0.3 is 6.18 Å². The van der Waals surface area contributed by atoms with Crippen LogP contribution in [-0.2, 0) is 11.2 Å². The summed E-state index contributed by atoms with van der Waals surface area (Å²) >= 11 is 1.34. The van der Waals surface area contributed by atoms with Crippen LogP contribution in [0.3, 0.4) is 0 Å². The minimum Gasteiger partial charge on any atom is -0.390 e. The summed E-state index contributed by atoms with van der Waals surface area (Å²) in [5.74, 6) is 0. The lowest BCUT2D eigenvalue weighted by Gasteiger charge is -2.11. The van der Waals surface area contributed by atoms with E-state index in [0.29, 0.717) is 0 Å². The standard InChI is InChI=1S/C8H10F3NO2S/c9-8(10,11)4-14-3-6(13)1-7-2-12-5-15-7/h2,5-6,13H,1,3-4H2. The van der Waals surface area contributed by atoms with Crippen LogP contribution in [-0.4, -0.2) is 35.6 Å². The Balaban J connectivity index is 2.17. The van der Waals surface area contributed by atoms with Crippen LogP contribution in [0.1, 0.15) is 4.88 Å². The van der Waals surface area contributed by atoms with E-state index < -0.39 is 18.9 Å². The van der Waals surface area contributed by atoms with Crippen molar-refractivity contribution in [3.63, 3.8) is 0 Å². The first kappa shape index (κ1) is 12.4. The summed E-state index contributed by atoms with van der Waals surface area (Å²) in [6.07, 6.45) is -3.43. The second kappa shape index (κ2) is 5.43. The summed E-state index contributed by atoms with van der Waals surface area (Å²) in [6, 6.07) is 0. The fourth-order valence-corrected chi connectivity index (χ4v) is 1.61. The second-order valence-electron chi connectivity index (χ2n) is 2.96. The summed E-state index contributed by atoms with van der Waals surface area (Å²) in [4.78, 5) is 4.60. The molecule has 1 aromatic rings. The second-order valence-corrected chi connectivity index (χ2v) is 3.93. The van der Waals surface area contributed by atoms with Crippen LogP contribution in [0.4, 0.5) is 13.2 Å². The van der Waals surface area contributed by atoms with Crippen LogP contribution in [0.2, 0.25) is 0 Å². The van der Waals surface area contributed by atoms with Crippen molar-refractivity contribution in [3.05, 3.63) is 16.6 Å². The molecule has 0 spiro atoms. The zero-order chi connectivity index (χ0) is 11.3. The van der Waals surface area contributed by atoms with Gasteiger partial charge in [-0.25, -0.2) is 0 Å². The Labute approximate surface area is 88.5 Å². The number of thiazole rings is 1. The molecule has 0 saturated heterocycles. The van der Waals surface area contributed by atoms with Gasteiger partial charge in [-0.15, -0.1) is 11.3 Å². The predicted octanol–water partition coefficient (Wildman–Crippen LogP) is 1.63. The smallest absolute Gasteiger partial charge is 0.390 e. The lowest BCUT2D eigenvalue weighted by molar-refractivity contribution is -0.178. The van der Waals surface area contributed by atoms with Crippen LogP contribution in [0.5, 0.6) is 0 Å². The number of nitrogens with zero attached hydrogens (tertiary/aromatic N) is 1. The lowest BCUT2D eigenvalue weighted by atomic mass is 10.2. The summed E-state index contributed by atoms with van der Waals surface area (Å²) in [7, 11) is 0. The Bertz CT molecular complexity index is 276. The molecule has 0 aliphatic rings. The zero-order valence-electron chi connectivity index (χ0n) is 7.70. The Morgan fingerprint density at radius 1 is 1.53 bits per heavy atom. The van der Waals surface area contributed by atoms with Gasteiger partial charge in [0.05, 0.1) is 18.2 Å². The average molecular weight is 241 g/mol. The molecule has 3 nitrogen and oxygen atoms in total. The third-order valence-electron chi connectivity index (χ3n) is 1.50. The van der Waals surface area contributed by atoms with Crippen LogP contribution < -0.4 is 0 Å². The van der Waals surface area contributed by atoms with Gasteiger partial charge in [-0.3, -0.25) is 4.98 Å². The Morgan fingerprint density at radius 2 is 2.27 bits per heavy atom. The lowest BCUT2D eigenvalue weighted by Crippen LogP contribution is -2.23. The van der Waals surface area contributed by atoms with Crippen molar-refractivity contribution < 1.29 is 23.0 Å². The van der Waals surface area contributed by atoms with E-state index in [2.05, 4.69) is 9.72 Å². The maximum Gasteiger partial charge on any atom is 0.411 e. The highest BCUT2D eigenvalue weighted by Gasteiger charge is 2.27. The van der Waals surface area contributed by atoms with E-state index in [1.165, 1.54) is 11.3 Å². The van der Waals surface area contributed by atoms with E-state index >= 15 is 0 Å². The molecule has 15 heavy (non-hydrogen) atoms. The average Bonchev–Trinajstić information content (AvgIpc) is 2.54. The molecular weight excluding hydrogens is 231 g/mol. The van der Waals surface area contributed by atoms with Crippen LogP contribution >= 0.6 is 11.3 Å². The van der Waals surface area contributed by atoms with E-state index in [1.54, 1.807) is 11.7 Å². The molecule has 1 heterocycles. The molecule has 0 aliphatic heterocycles. The molecule has 0 aliphatic carbocycles. The number of aliphatic hydroxyl groups excluding tert-OH is 1. The molecule has 0 fully saturated rings. The van der Waals surface area contributed by atoms with E-state index in [-0.39, 0.29) is 13.0 Å². The monoisotopic (exact) mass is 241 g/mol. The molecule has 7 heteroatoms. The highest BCUT2D eigenvalue weighted by atomic mass is 32.1.